The van der Waals surface area contributed by atoms with E-state index in [4.69, 9.17) is 23.2 Å². The monoisotopic (exact) mass is 307 g/mol. The molecule has 0 radical (unpaired) electrons. The lowest BCUT2D eigenvalue weighted by atomic mass is 10.1. The average molecular weight is 308 g/mol. The van der Waals surface area contributed by atoms with Crippen molar-refractivity contribution in [1.29, 1.82) is 0 Å². The minimum Gasteiger partial charge on any atom is -0.405 e. The lowest BCUT2D eigenvalue weighted by Gasteiger charge is -2.13. The summed E-state index contributed by atoms with van der Waals surface area (Å²) in [6, 6.07) is 7.14. The summed E-state index contributed by atoms with van der Waals surface area (Å²) in [4.78, 5) is 3.79. The van der Waals surface area contributed by atoms with Crippen molar-refractivity contribution in [1.82, 2.24) is 4.98 Å². The molecule has 0 bridgehead atoms. The highest BCUT2D eigenvalue weighted by molar-refractivity contribution is 6.41. The summed E-state index contributed by atoms with van der Waals surface area (Å²) < 4.78 is 40.8. The first-order chi connectivity index (χ1) is 8.87. The Labute approximate surface area is 116 Å². The van der Waals surface area contributed by atoms with Crippen LogP contribution in [-0.2, 0) is 0 Å². The van der Waals surface area contributed by atoms with Crippen LogP contribution >= 0.6 is 23.2 Å². The van der Waals surface area contributed by atoms with Crippen molar-refractivity contribution in [3.05, 3.63) is 46.7 Å². The van der Waals surface area contributed by atoms with E-state index in [1.54, 1.807) is 6.07 Å². The Morgan fingerprint density at radius 3 is 2.42 bits per heavy atom. The van der Waals surface area contributed by atoms with Crippen LogP contribution in [0.2, 0.25) is 10.2 Å². The highest BCUT2D eigenvalue weighted by Crippen LogP contribution is 2.35. The quantitative estimate of drug-likeness (QED) is 0.732. The van der Waals surface area contributed by atoms with Gasteiger partial charge in [-0.25, -0.2) is 4.98 Å². The Morgan fingerprint density at radius 1 is 1.11 bits per heavy atom. The fourth-order valence-corrected chi connectivity index (χ4v) is 1.76. The van der Waals surface area contributed by atoms with E-state index < -0.39 is 6.36 Å². The second-order valence-electron chi connectivity index (χ2n) is 3.54. The molecular weight excluding hydrogens is 302 g/mol. The molecule has 0 aliphatic heterocycles. The summed E-state index contributed by atoms with van der Waals surface area (Å²) in [6.07, 6.45) is -3.44. The minimum atomic E-state index is -4.76. The summed E-state index contributed by atoms with van der Waals surface area (Å²) in [6.45, 7) is 0. The number of pyridine rings is 1. The van der Waals surface area contributed by atoms with Crippen LogP contribution in [0.4, 0.5) is 13.2 Å². The van der Waals surface area contributed by atoms with Crippen molar-refractivity contribution in [2.75, 3.05) is 0 Å². The lowest BCUT2D eigenvalue weighted by Crippen LogP contribution is -2.17. The molecule has 0 unspecified atom stereocenters. The van der Waals surface area contributed by atoms with Crippen LogP contribution in [0.5, 0.6) is 5.75 Å². The summed E-state index contributed by atoms with van der Waals surface area (Å²) >= 11 is 11.5. The van der Waals surface area contributed by atoms with Crippen LogP contribution in [0, 0.1) is 0 Å². The maximum absolute atomic E-state index is 12.3. The van der Waals surface area contributed by atoms with Gasteiger partial charge in [-0.2, -0.15) is 0 Å². The van der Waals surface area contributed by atoms with Crippen molar-refractivity contribution >= 4 is 23.2 Å². The molecule has 0 saturated heterocycles. The molecule has 1 heterocycles. The molecule has 0 N–H and O–H groups in total. The third-order valence-electron chi connectivity index (χ3n) is 2.22. The smallest absolute Gasteiger partial charge is 0.405 e. The van der Waals surface area contributed by atoms with Crippen LogP contribution in [0.25, 0.3) is 11.1 Å². The molecule has 19 heavy (non-hydrogen) atoms. The van der Waals surface area contributed by atoms with E-state index in [1.807, 2.05) is 0 Å². The van der Waals surface area contributed by atoms with E-state index >= 15 is 0 Å². The van der Waals surface area contributed by atoms with E-state index in [2.05, 4.69) is 9.72 Å². The minimum absolute atomic E-state index is 0.0830. The maximum Gasteiger partial charge on any atom is 0.573 e. The second-order valence-corrected chi connectivity index (χ2v) is 4.31. The zero-order chi connectivity index (χ0) is 14.0. The number of rotatable bonds is 2. The van der Waals surface area contributed by atoms with Crippen LogP contribution in [0.1, 0.15) is 0 Å². The fourth-order valence-electron chi connectivity index (χ4n) is 1.49. The van der Waals surface area contributed by atoms with Gasteiger partial charge in [-0.1, -0.05) is 41.4 Å². The van der Waals surface area contributed by atoms with E-state index in [1.165, 1.54) is 30.5 Å². The largest absolute Gasteiger partial charge is 0.573 e. The van der Waals surface area contributed by atoms with Gasteiger partial charge in [-0.05, 0) is 12.1 Å². The van der Waals surface area contributed by atoms with Gasteiger partial charge >= 0.3 is 6.36 Å². The van der Waals surface area contributed by atoms with Gasteiger partial charge in [-0.15, -0.1) is 13.2 Å². The molecule has 100 valence electrons. The molecule has 1 aromatic heterocycles. The molecule has 2 aromatic rings. The molecule has 0 spiro atoms. The molecule has 0 aliphatic rings. The van der Waals surface area contributed by atoms with Crippen molar-refractivity contribution in [2.24, 2.45) is 0 Å². The summed E-state index contributed by atoms with van der Waals surface area (Å²) in [7, 11) is 0. The second kappa shape index (κ2) is 5.27. The predicted octanol–water partition coefficient (Wildman–Crippen LogP) is 4.95. The van der Waals surface area contributed by atoms with Crippen molar-refractivity contribution in [3.8, 4) is 16.9 Å². The number of ether oxygens (including phenoxy) is 1. The topological polar surface area (TPSA) is 22.1 Å². The predicted molar refractivity (Wildman–Crippen MR) is 66.4 cm³/mol. The number of hydrogen-bond acceptors (Lipinski definition) is 2. The number of para-hydroxylation sites is 1. The van der Waals surface area contributed by atoms with Crippen LogP contribution in [-0.4, -0.2) is 11.3 Å². The third-order valence-corrected chi connectivity index (χ3v) is 2.91. The van der Waals surface area contributed by atoms with Gasteiger partial charge in [0.2, 0.25) is 0 Å². The normalized spacial score (nSPS) is 11.4. The number of benzene rings is 1. The third kappa shape index (κ3) is 3.52. The van der Waals surface area contributed by atoms with E-state index in [-0.39, 0.29) is 21.5 Å². The Hall–Kier alpha value is -1.46. The van der Waals surface area contributed by atoms with Crippen LogP contribution in [0.15, 0.2) is 36.5 Å². The zero-order valence-corrected chi connectivity index (χ0v) is 10.7. The van der Waals surface area contributed by atoms with E-state index in [9.17, 15) is 13.2 Å². The van der Waals surface area contributed by atoms with Crippen LogP contribution in [0.3, 0.4) is 0 Å². The first-order valence-corrected chi connectivity index (χ1v) is 5.78. The summed E-state index contributed by atoms with van der Waals surface area (Å²) in [5.41, 5.74) is 0.611. The van der Waals surface area contributed by atoms with Gasteiger partial charge in [0.1, 0.15) is 10.9 Å². The lowest BCUT2D eigenvalue weighted by molar-refractivity contribution is -0.274. The van der Waals surface area contributed by atoms with Gasteiger partial charge in [-0.3, -0.25) is 0 Å². The van der Waals surface area contributed by atoms with Gasteiger partial charge < -0.3 is 4.74 Å². The first-order valence-electron chi connectivity index (χ1n) is 5.03. The van der Waals surface area contributed by atoms with Crippen molar-refractivity contribution in [2.45, 2.75) is 6.36 Å². The number of alkyl halides is 3. The van der Waals surface area contributed by atoms with Crippen molar-refractivity contribution < 1.29 is 17.9 Å². The Morgan fingerprint density at radius 2 is 1.79 bits per heavy atom. The van der Waals surface area contributed by atoms with Gasteiger partial charge in [0, 0.05) is 17.3 Å². The molecule has 1 aromatic carbocycles. The molecule has 0 fully saturated rings. The molecule has 2 rings (SSSR count). The Kier molecular flexibility index (Phi) is 3.87. The molecular formula is C12H6Cl2F3NO. The van der Waals surface area contributed by atoms with Crippen molar-refractivity contribution in [3.63, 3.8) is 0 Å². The Balaban J connectivity index is 2.47. The summed E-state index contributed by atoms with van der Waals surface area (Å²) in [5, 5.41) is 0.237. The molecule has 0 aliphatic carbocycles. The average Bonchev–Trinajstić information content (AvgIpc) is 2.31. The highest BCUT2D eigenvalue weighted by Gasteiger charge is 2.32. The van der Waals surface area contributed by atoms with Crippen LogP contribution < -0.4 is 4.74 Å². The first kappa shape index (κ1) is 14.0. The van der Waals surface area contributed by atoms with Gasteiger partial charge in [0.25, 0.3) is 0 Å². The zero-order valence-electron chi connectivity index (χ0n) is 9.21. The number of halogens is 5. The number of hydrogen-bond donors (Lipinski definition) is 0. The van der Waals surface area contributed by atoms with Gasteiger partial charge in [0.05, 0.1) is 5.02 Å². The number of aromatic nitrogens is 1. The molecule has 0 atom stereocenters. The van der Waals surface area contributed by atoms with E-state index in [0.29, 0.717) is 5.56 Å². The maximum atomic E-state index is 12.3. The highest BCUT2D eigenvalue weighted by atomic mass is 35.5. The molecule has 2 nitrogen and oxygen atoms in total. The van der Waals surface area contributed by atoms with Gasteiger partial charge in [0.15, 0.2) is 0 Å². The fraction of sp³-hybridized carbons (Fsp3) is 0.0833. The molecule has 0 saturated carbocycles. The Bertz CT molecular complexity index is 602. The number of nitrogens with zero attached hydrogens (tertiary/aromatic N) is 1. The molecule has 7 heteroatoms. The standard InChI is InChI=1S/C12H6Cl2F3NO/c13-9-5-7(6-18-11(9)14)8-3-1-2-4-10(8)19-12(15,16)17/h1-6H. The SMILES string of the molecule is FC(F)(F)Oc1ccccc1-c1cnc(Cl)c(Cl)c1. The van der Waals surface area contributed by atoms with E-state index in [0.717, 1.165) is 0 Å². The summed E-state index contributed by atoms with van der Waals surface area (Å²) in [5.74, 6) is -0.324. The molecule has 0 amide bonds.